The molecule has 1 saturated carbocycles. The zero-order valence-electron chi connectivity index (χ0n) is 19.9. The lowest BCUT2D eigenvalue weighted by molar-refractivity contribution is 0.0342. The molecule has 1 aliphatic carbocycles. The number of ether oxygens (including phenoxy) is 1. The quantitative estimate of drug-likeness (QED) is 0.390. The molecule has 9 heteroatoms. The highest BCUT2D eigenvalue weighted by molar-refractivity contribution is 5.86. The SMILES string of the molecule is NCCCCNc1nc(Nc2ccc(CN3CCOCC3)cc2)c2ncn(C3CCCC3)c2n1. The maximum Gasteiger partial charge on any atom is 0.226 e. The summed E-state index contributed by atoms with van der Waals surface area (Å²) >= 11 is 0. The van der Waals surface area contributed by atoms with E-state index in [1.807, 2.05) is 6.33 Å². The first-order valence-electron chi connectivity index (χ1n) is 12.6. The first kappa shape index (κ1) is 23.0. The van der Waals surface area contributed by atoms with Crippen LogP contribution >= 0.6 is 0 Å². The number of hydrogen-bond acceptors (Lipinski definition) is 8. The number of aromatic nitrogens is 4. The average molecular weight is 465 g/mol. The third-order valence-electron chi connectivity index (χ3n) is 6.78. The van der Waals surface area contributed by atoms with E-state index in [-0.39, 0.29) is 0 Å². The van der Waals surface area contributed by atoms with Crippen LogP contribution in [0.15, 0.2) is 30.6 Å². The third-order valence-corrected chi connectivity index (χ3v) is 6.78. The van der Waals surface area contributed by atoms with Crippen molar-refractivity contribution in [3.05, 3.63) is 36.2 Å². The molecule has 0 atom stereocenters. The van der Waals surface area contributed by atoms with Crippen LogP contribution in [0.25, 0.3) is 11.2 Å². The van der Waals surface area contributed by atoms with Crippen molar-refractivity contribution in [2.24, 2.45) is 5.73 Å². The van der Waals surface area contributed by atoms with E-state index in [2.05, 4.69) is 44.4 Å². The molecule has 0 unspecified atom stereocenters. The second-order valence-electron chi connectivity index (χ2n) is 9.29. The van der Waals surface area contributed by atoms with E-state index in [4.69, 9.17) is 25.4 Å². The summed E-state index contributed by atoms with van der Waals surface area (Å²) in [5.41, 5.74) is 9.65. The minimum absolute atomic E-state index is 0.470. The summed E-state index contributed by atoms with van der Waals surface area (Å²) in [5.74, 6) is 1.37. The number of fused-ring (bicyclic) bond motifs is 1. The van der Waals surface area contributed by atoms with Gasteiger partial charge in [0, 0.05) is 37.9 Å². The molecule has 4 N–H and O–H groups in total. The molecule has 3 heterocycles. The van der Waals surface area contributed by atoms with Gasteiger partial charge in [-0.1, -0.05) is 25.0 Å². The summed E-state index contributed by atoms with van der Waals surface area (Å²) in [6.07, 6.45) is 8.81. The van der Waals surface area contributed by atoms with E-state index in [1.54, 1.807) is 0 Å². The number of imidazole rings is 1. The Morgan fingerprint density at radius 3 is 2.59 bits per heavy atom. The molecule has 0 radical (unpaired) electrons. The van der Waals surface area contributed by atoms with Gasteiger partial charge in [0.1, 0.15) is 0 Å². The van der Waals surface area contributed by atoms with Crippen LogP contribution in [0.1, 0.15) is 50.1 Å². The number of morpholine rings is 1. The lowest BCUT2D eigenvalue weighted by Gasteiger charge is -2.26. The fraction of sp³-hybridized carbons (Fsp3) is 0.560. The number of rotatable bonds is 10. The maximum atomic E-state index is 5.64. The summed E-state index contributed by atoms with van der Waals surface area (Å²) in [6.45, 7) is 6.07. The number of nitrogens with zero attached hydrogens (tertiary/aromatic N) is 5. The number of nitrogens with one attached hydrogen (secondary N) is 2. The minimum atomic E-state index is 0.470. The lowest BCUT2D eigenvalue weighted by atomic mass is 10.2. The molecule has 2 aromatic heterocycles. The van der Waals surface area contributed by atoms with Gasteiger partial charge >= 0.3 is 0 Å². The first-order chi connectivity index (χ1) is 16.8. The summed E-state index contributed by atoms with van der Waals surface area (Å²) in [5, 5.41) is 6.89. The van der Waals surface area contributed by atoms with Crippen LogP contribution in [-0.4, -0.2) is 63.8 Å². The largest absolute Gasteiger partial charge is 0.379 e. The monoisotopic (exact) mass is 464 g/mol. The van der Waals surface area contributed by atoms with Crippen LogP contribution in [0, 0.1) is 0 Å². The lowest BCUT2D eigenvalue weighted by Crippen LogP contribution is -2.35. The van der Waals surface area contributed by atoms with Crippen LogP contribution in [0.4, 0.5) is 17.5 Å². The highest BCUT2D eigenvalue weighted by atomic mass is 16.5. The molecule has 0 amide bonds. The first-order valence-corrected chi connectivity index (χ1v) is 12.6. The summed E-state index contributed by atoms with van der Waals surface area (Å²) in [6, 6.07) is 9.06. The third kappa shape index (κ3) is 5.48. The van der Waals surface area contributed by atoms with Gasteiger partial charge in [0.15, 0.2) is 17.0 Å². The average Bonchev–Trinajstić information content (AvgIpc) is 3.54. The summed E-state index contributed by atoms with van der Waals surface area (Å²) in [7, 11) is 0. The minimum Gasteiger partial charge on any atom is -0.379 e. The summed E-state index contributed by atoms with van der Waals surface area (Å²) in [4.78, 5) is 16.8. The molecule has 3 aromatic rings. The van der Waals surface area contributed by atoms with E-state index < -0.39 is 0 Å². The topological polar surface area (TPSA) is 106 Å². The predicted octanol–water partition coefficient (Wildman–Crippen LogP) is 3.67. The van der Waals surface area contributed by atoms with Crippen molar-refractivity contribution in [2.45, 2.75) is 51.1 Å². The van der Waals surface area contributed by atoms with Gasteiger partial charge in [-0.15, -0.1) is 0 Å². The van der Waals surface area contributed by atoms with Crippen molar-refractivity contribution >= 4 is 28.6 Å². The number of benzene rings is 1. The standard InChI is InChI=1S/C25H36N8O/c26-11-3-4-12-27-25-30-23(22-24(31-25)33(18-28-22)21-5-1-2-6-21)29-20-9-7-19(8-10-20)17-32-13-15-34-16-14-32/h7-10,18,21H,1-6,11-17,26H2,(H2,27,29,30,31). The van der Waals surface area contributed by atoms with Gasteiger partial charge in [-0.25, -0.2) is 4.98 Å². The van der Waals surface area contributed by atoms with Crippen molar-refractivity contribution in [3.63, 3.8) is 0 Å². The second kappa shape index (κ2) is 11.1. The van der Waals surface area contributed by atoms with Crippen LogP contribution < -0.4 is 16.4 Å². The Morgan fingerprint density at radius 1 is 1.03 bits per heavy atom. The molecule has 182 valence electrons. The normalized spacial score (nSPS) is 17.4. The van der Waals surface area contributed by atoms with E-state index in [0.29, 0.717) is 18.5 Å². The molecule has 1 aliphatic heterocycles. The molecular weight excluding hydrogens is 428 g/mol. The summed E-state index contributed by atoms with van der Waals surface area (Å²) < 4.78 is 7.70. The number of nitrogens with two attached hydrogens (primary N) is 1. The fourth-order valence-corrected chi connectivity index (χ4v) is 4.85. The molecule has 0 bridgehead atoms. The van der Waals surface area contributed by atoms with Gasteiger partial charge in [-0.2, -0.15) is 9.97 Å². The van der Waals surface area contributed by atoms with Crippen LogP contribution in [0.2, 0.25) is 0 Å². The Morgan fingerprint density at radius 2 is 1.82 bits per heavy atom. The maximum absolute atomic E-state index is 5.64. The van der Waals surface area contributed by atoms with Gasteiger partial charge in [0.2, 0.25) is 5.95 Å². The Labute approximate surface area is 201 Å². The molecule has 34 heavy (non-hydrogen) atoms. The molecule has 2 aliphatic rings. The molecule has 2 fully saturated rings. The molecule has 1 aromatic carbocycles. The fourth-order valence-electron chi connectivity index (χ4n) is 4.85. The Bertz CT molecular complexity index is 1050. The van der Waals surface area contributed by atoms with E-state index in [0.717, 1.165) is 74.9 Å². The van der Waals surface area contributed by atoms with Gasteiger partial charge in [-0.3, -0.25) is 4.90 Å². The predicted molar refractivity (Wildman–Crippen MR) is 135 cm³/mol. The number of anilines is 3. The van der Waals surface area contributed by atoms with Gasteiger partial charge in [0.05, 0.1) is 19.5 Å². The van der Waals surface area contributed by atoms with Crippen molar-refractivity contribution in [1.29, 1.82) is 0 Å². The molecule has 1 saturated heterocycles. The smallest absolute Gasteiger partial charge is 0.226 e. The van der Waals surface area contributed by atoms with E-state index in [9.17, 15) is 0 Å². The van der Waals surface area contributed by atoms with Crippen LogP contribution in [0.5, 0.6) is 0 Å². The van der Waals surface area contributed by atoms with Crippen molar-refractivity contribution in [3.8, 4) is 0 Å². The van der Waals surface area contributed by atoms with Crippen molar-refractivity contribution in [1.82, 2.24) is 24.4 Å². The molecule has 9 nitrogen and oxygen atoms in total. The van der Waals surface area contributed by atoms with E-state index in [1.165, 1.54) is 31.2 Å². The van der Waals surface area contributed by atoms with Crippen LogP contribution in [0.3, 0.4) is 0 Å². The zero-order chi connectivity index (χ0) is 23.2. The Balaban J connectivity index is 1.36. The number of unbranched alkanes of at least 4 members (excludes halogenated alkanes) is 1. The number of hydrogen-bond donors (Lipinski definition) is 3. The highest BCUT2D eigenvalue weighted by Gasteiger charge is 2.22. The highest BCUT2D eigenvalue weighted by Crippen LogP contribution is 2.33. The Hall–Kier alpha value is -2.75. The molecule has 5 rings (SSSR count). The van der Waals surface area contributed by atoms with Gasteiger partial charge < -0.3 is 25.7 Å². The zero-order valence-corrected chi connectivity index (χ0v) is 19.9. The Kier molecular flexibility index (Phi) is 7.52. The van der Waals surface area contributed by atoms with E-state index >= 15 is 0 Å². The molecular formula is C25H36N8O. The second-order valence-corrected chi connectivity index (χ2v) is 9.29. The van der Waals surface area contributed by atoms with Gasteiger partial charge in [0.25, 0.3) is 0 Å². The van der Waals surface area contributed by atoms with Crippen LogP contribution in [-0.2, 0) is 11.3 Å². The van der Waals surface area contributed by atoms with Crippen molar-refractivity contribution in [2.75, 3.05) is 50.0 Å². The van der Waals surface area contributed by atoms with Gasteiger partial charge in [-0.05, 0) is 49.9 Å². The molecule has 0 spiro atoms. The van der Waals surface area contributed by atoms with Crippen molar-refractivity contribution < 1.29 is 4.74 Å².